The maximum Gasteiger partial charge on any atom is 0.258 e. The molecule has 5 heteroatoms. The highest BCUT2D eigenvalue weighted by molar-refractivity contribution is 5.85. The predicted octanol–water partition coefficient (Wildman–Crippen LogP) is 2.01. The number of benzene rings is 1. The third kappa shape index (κ3) is 6.16. The summed E-state index contributed by atoms with van der Waals surface area (Å²) in [4.78, 5) is 23.1. The fourth-order valence-electron chi connectivity index (χ4n) is 1.91. The van der Waals surface area contributed by atoms with Gasteiger partial charge in [0, 0.05) is 6.54 Å². The number of para-hydroxylation sites is 1. The Balaban J connectivity index is 2.47. The van der Waals surface area contributed by atoms with Crippen molar-refractivity contribution in [1.82, 2.24) is 10.6 Å². The number of rotatable bonds is 7. The minimum Gasteiger partial charge on any atom is -0.483 e. The number of nitrogens with one attached hydrogen (secondary N) is 2. The van der Waals surface area contributed by atoms with Crippen molar-refractivity contribution in [2.75, 3.05) is 19.7 Å². The van der Waals surface area contributed by atoms with E-state index >= 15 is 0 Å². The van der Waals surface area contributed by atoms with Gasteiger partial charge >= 0.3 is 0 Å². The molecule has 0 aliphatic rings. The van der Waals surface area contributed by atoms with Crippen LogP contribution in [0.4, 0.5) is 0 Å². The second-order valence-electron chi connectivity index (χ2n) is 6.16. The summed E-state index contributed by atoms with van der Waals surface area (Å²) < 4.78 is 5.60. The van der Waals surface area contributed by atoms with Crippen LogP contribution in [0.25, 0.3) is 0 Å². The average molecular weight is 306 g/mol. The van der Waals surface area contributed by atoms with Gasteiger partial charge in [0.15, 0.2) is 6.61 Å². The Labute approximate surface area is 132 Å². The van der Waals surface area contributed by atoms with Crippen molar-refractivity contribution in [3.63, 3.8) is 0 Å². The summed E-state index contributed by atoms with van der Waals surface area (Å²) in [5.74, 6) is 0.196. The summed E-state index contributed by atoms with van der Waals surface area (Å²) in [6, 6.07) is 7.67. The van der Waals surface area contributed by atoms with Crippen molar-refractivity contribution in [1.29, 1.82) is 0 Å². The van der Waals surface area contributed by atoms with Crippen molar-refractivity contribution < 1.29 is 14.3 Å². The summed E-state index contributed by atoms with van der Waals surface area (Å²) in [6.07, 6.45) is 0.867. The number of ether oxygens (including phenoxy) is 1. The summed E-state index contributed by atoms with van der Waals surface area (Å²) >= 11 is 0. The Morgan fingerprint density at radius 2 is 1.77 bits per heavy atom. The van der Waals surface area contributed by atoms with E-state index in [0.29, 0.717) is 12.3 Å². The molecular formula is C17H26N2O3. The van der Waals surface area contributed by atoms with Crippen LogP contribution >= 0.6 is 0 Å². The Bertz CT molecular complexity index is 507. The van der Waals surface area contributed by atoms with Crippen LogP contribution in [0.5, 0.6) is 5.75 Å². The molecule has 0 radical (unpaired) electrons. The van der Waals surface area contributed by atoms with E-state index in [1.54, 1.807) is 0 Å². The third-order valence-electron chi connectivity index (χ3n) is 3.07. The number of hydrogen-bond donors (Lipinski definition) is 2. The molecule has 0 aliphatic heterocycles. The van der Waals surface area contributed by atoms with Crippen LogP contribution in [0.3, 0.4) is 0 Å². The second-order valence-corrected chi connectivity index (χ2v) is 6.16. The lowest BCUT2D eigenvalue weighted by atomic mass is 9.86. The molecule has 0 spiro atoms. The van der Waals surface area contributed by atoms with Crippen LogP contribution in [0.2, 0.25) is 0 Å². The lowest BCUT2D eigenvalue weighted by Gasteiger charge is -2.22. The number of hydrogen-bond acceptors (Lipinski definition) is 3. The average Bonchev–Trinajstić information content (AvgIpc) is 2.48. The summed E-state index contributed by atoms with van der Waals surface area (Å²) in [7, 11) is 0. The van der Waals surface area contributed by atoms with Gasteiger partial charge in [-0.1, -0.05) is 45.9 Å². The van der Waals surface area contributed by atoms with Gasteiger partial charge in [-0.05, 0) is 23.5 Å². The zero-order chi connectivity index (χ0) is 16.6. The van der Waals surface area contributed by atoms with E-state index in [2.05, 4.69) is 31.4 Å². The van der Waals surface area contributed by atoms with Gasteiger partial charge in [0.25, 0.3) is 5.91 Å². The molecule has 22 heavy (non-hydrogen) atoms. The first-order valence-corrected chi connectivity index (χ1v) is 7.60. The molecule has 5 nitrogen and oxygen atoms in total. The molecule has 1 rings (SSSR count). The van der Waals surface area contributed by atoms with E-state index < -0.39 is 0 Å². The molecule has 0 atom stereocenters. The van der Waals surface area contributed by atoms with Crippen LogP contribution < -0.4 is 15.4 Å². The van der Waals surface area contributed by atoms with Gasteiger partial charge in [0.1, 0.15) is 5.75 Å². The molecule has 0 saturated carbocycles. The quantitative estimate of drug-likeness (QED) is 0.809. The van der Waals surface area contributed by atoms with Crippen molar-refractivity contribution in [3.8, 4) is 5.75 Å². The Morgan fingerprint density at radius 1 is 1.09 bits per heavy atom. The van der Waals surface area contributed by atoms with Gasteiger partial charge in [0.2, 0.25) is 5.91 Å². The van der Waals surface area contributed by atoms with Crippen molar-refractivity contribution in [3.05, 3.63) is 29.8 Å². The maximum atomic E-state index is 11.7. The summed E-state index contributed by atoms with van der Waals surface area (Å²) in [5.41, 5.74) is 0.983. The molecule has 0 heterocycles. The molecular weight excluding hydrogens is 280 g/mol. The lowest BCUT2D eigenvalue weighted by molar-refractivity contribution is -0.127. The van der Waals surface area contributed by atoms with E-state index in [0.717, 1.165) is 12.0 Å². The first kappa shape index (κ1) is 18.0. The smallest absolute Gasteiger partial charge is 0.258 e. The predicted molar refractivity (Wildman–Crippen MR) is 86.9 cm³/mol. The van der Waals surface area contributed by atoms with E-state index in [1.165, 1.54) is 0 Å². The van der Waals surface area contributed by atoms with Crippen LogP contribution in [0, 0.1) is 0 Å². The molecule has 0 aliphatic carbocycles. The summed E-state index contributed by atoms with van der Waals surface area (Å²) in [5, 5.41) is 5.24. The number of carbonyl (C=O) groups excluding carboxylic acids is 2. The SMILES string of the molecule is CCCNC(=O)CNC(=O)COc1ccccc1C(C)(C)C. The van der Waals surface area contributed by atoms with Gasteiger partial charge in [0.05, 0.1) is 6.54 Å². The molecule has 0 aromatic heterocycles. The highest BCUT2D eigenvalue weighted by Crippen LogP contribution is 2.30. The topological polar surface area (TPSA) is 67.4 Å². The van der Waals surface area contributed by atoms with Gasteiger partial charge in [-0.15, -0.1) is 0 Å². The van der Waals surface area contributed by atoms with Crippen molar-refractivity contribution in [2.45, 2.75) is 39.5 Å². The Hall–Kier alpha value is -2.04. The molecule has 2 amide bonds. The standard InChI is InChI=1S/C17H26N2O3/c1-5-10-18-15(20)11-19-16(21)12-22-14-9-7-6-8-13(14)17(2,3)4/h6-9H,5,10-12H2,1-4H3,(H,18,20)(H,19,21). The van der Waals surface area contributed by atoms with E-state index in [-0.39, 0.29) is 30.4 Å². The Morgan fingerprint density at radius 3 is 2.41 bits per heavy atom. The highest BCUT2D eigenvalue weighted by atomic mass is 16.5. The number of amides is 2. The zero-order valence-corrected chi connectivity index (χ0v) is 13.9. The molecule has 0 fully saturated rings. The van der Waals surface area contributed by atoms with Gasteiger partial charge in [-0.25, -0.2) is 0 Å². The lowest BCUT2D eigenvalue weighted by Crippen LogP contribution is -2.39. The van der Waals surface area contributed by atoms with E-state index in [4.69, 9.17) is 4.74 Å². The van der Waals surface area contributed by atoms with Gasteiger partial charge in [-0.3, -0.25) is 9.59 Å². The van der Waals surface area contributed by atoms with Crippen LogP contribution in [-0.4, -0.2) is 31.5 Å². The maximum absolute atomic E-state index is 11.7. The summed E-state index contributed by atoms with van der Waals surface area (Å²) in [6.45, 7) is 8.73. The van der Waals surface area contributed by atoms with Crippen molar-refractivity contribution >= 4 is 11.8 Å². The van der Waals surface area contributed by atoms with Crippen LogP contribution in [-0.2, 0) is 15.0 Å². The Kier molecular flexibility index (Phi) is 6.89. The minimum absolute atomic E-state index is 0.0247. The molecule has 1 aromatic rings. The van der Waals surface area contributed by atoms with Crippen LogP contribution in [0.15, 0.2) is 24.3 Å². The fraction of sp³-hybridized carbons (Fsp3) is 0.529. The normalized spacial score (nSPS) is 10.9. The highest BCUT2D eigenvalue weighted by Gasteiger charge is 2.18. The largest absolute Gasteiger partial charge is 0.483 e. The molecule has 2 N–H and O–H groups in total. The minimum atomic E-state index is -0.310. The van der Waals surface area contributed by atoms with Gasteiger partial charge in [-0.2, -0.15) is 0 Å². The molecule has 122 valence electrons. The van der Waals surface area contributed by atoms with Gasteiger partial charge < -0.3 is 15.4 Å². The molecule has 0 unspecified atom stereocenters. The van der Waals surface area contributed by atoms with Crippen LogP contribution in [0.1, 0.15) is 39.7 Å². The van der Waals surface area contributed by atoms with E-state index in [9.17, 15) is 9.59 Å². The third-order valence-corrected chi connectivity index (χ3v) is 3.07. The fourth-order valence-corrected chi connectivity index (χ4v) is 1.91. The first-order valence-electron chi connectivity index (χ1n) is 7.60. The van der Waals surface area contributed by atoms with E-state index in [1.807, 2.05) is 31.2 Å². The molecule has 0 saturated heterocycles. The monoisotopic (exact) mass is 306 g/mol. The molecule has 1 aromatic carbocycles. The number of carbonyl (C=O) groups is 2. The first-order chi connectivity index (χ1) is 10.3. The second kappa shape index (κ2) is 8.41. The van der Waals surface area contributed by atoms with Crippen molar-refractivity contribution in [2.24, 2.45) is 0 Å². The molecule has 0 bridgehead atoms. The zero-order valence-electron chi connectivity index (χ0n) is 13.9.